The van der Waals surface area contributed by atoms with Gasteiger partial charge in [0, 0.05) is 12.1 Å². The van der Waals surface area contributed by atoms with Gasteiger partial charge in [0.25, 0.3) is 0 Å². The highest BCUT2D eigenvalue weighted by atomic mass is 19.1. The van der Waals surface area contributed by atoms with Crippen LogP contribution in [0.25, 0.3) is 0 Å². The van der Waals surface area contributed by atoms with E-state index in [2.05, 4.69) is 24.8 Å². The number of benzene rings is 1. The predicted octanol–water partition coefficient (Wildman–Crippen LogP) is 3.57. The predicted molar refractivity (Wildman–Crippen MR) is 74.0 cm³/mol. The molecule has 0 saturated carbocycles. The summed E-state index contributed by atoms with van der Waals surface area (Å²) in [4.78, 5) is 2.29. The number of halogens is 1. The Labute approximate surface area is 114 Å². The van der Waals surface area contributed by atoms with Gasteiger partial charge in [0.15, 0.2) is 0 Å². The summed E-state index contributed by atoms with van der Waals surface area (Å²) < 4.78 is 13.7. The minimum Gasteiger partial charge on any atom is -0.299 e. The largest absolute Gasteiger partial charge is 0.299 e. The molecule has 0 aromatic heterocycles. The smallest absolute Gasteiger partial charge is 0.127 e. The number of hydrogen-bond donors (Lipinski definition) is 0. The van der Waals surface area contributed by atoms with E-state index in [0.717, 1.165) is 24.9 Å². The summed E-state index contributed by atoms with van der Waals surface area (Å²) in [5.41, 5.74) is 1.18. The Bertz CT molecular complexity index is 468. The monoisotopic (exact) mass is 260 g/mol. The first kappa shape index (κ1) is 14.0. The first-order valence-electron chi connectivity index (χ1n) is 7.01. The van der Waals surface area contributed by atoms with Crippen molar-refractivity contribution in [2.45, 2.75) is 33.2 Å². The average molecular weight is 260 g/mol. The van der Waals surface area contributed by atoms with Crippen molar-refractivity contribution in [2.75, 3.05) is 13.1 Å². The van der Waals surface area contributed by atoms with Crippen LogP contribution in [0.2, 0.25) is 0 Å². The van der Waals surface area contributed by atoms with E-state index in [0.29, 0.717) is 17.7 Å². The number of rotatable bonds is 3. The standard InChI is InChI=1S/C16H21FN2/c1-12(2)14-5-7-19(8-6-14)11-15-9-13(10-18)3-4-16(15)17/h3-4,9,12,14H,5-8,11H2,1-2H3. The molecule has 0 bridgehead atoms. The maximum Gasteiger partial charge on any atom is 0.127 e. The lowest BCUT2D eigenvalue weighted by atomic mass is 9.86. The Morgan fingerprint density at radius 1 is 1.37 bits per heavy atom. The van der Waals surface area contributed by atoms with E-state index in [1.807, 2.05) is 0 Å². The molecule has 0 aliphatic carbocycles. The number of piperidine rings is 1. The molecule has 1 aliphatic rings. The van der Waals surface area contributed by atoms with Crippen LogP contribution in [-0.2, 0) is 6.54 Å². The molecule has 1 aromatic carbocycles. The van der Waals surface area contributed by atoms with E-state index in [9.17, 15) is 4.39 Å². The van der Waals surface area contributed by atoms with Crippen LogP contribution in [-0.4, -0.2) is 18.0 Å². The third-order valence-electron chi connectivity index (χ3n) is 4.14. The topological polar surface area (TPSA) is 27.0 Å². The highest BCUT2D eigenvalue weighted by molar-refractivity contribution is 5.33. The molecule has 2 rings (SSSR count). The zero-order valence-electron chi connectivity index (χ0n) is 11.7. The van der Waals surface area contributed by atoms with Crippen molar-refractivity contribution in [3.05, 3.63) is 35.1 Å². The molecule has 19 heavy (non-hydrogen) atoms. The fraction of sp³-hybridized carbons (Fsp3) is 0.562. The summed E-state index contributed by atoms with van der Waals surface area (Å²) >= 11 is 0. The average Bonchev–Trinajstić information content (AvgIpc) is 2.42. The van der Waals surface area contributed by atoms with Crippen molar-refractivity contribution in [1.82, 2.24) is 4.90 Å². The summed E-state index contributed by atoms with van der Waals surface area (Å²) in [5, 5.41) is 8.87. The summed E-state index contributed by atoms with van der Waals surface area (Å²) in [7, 11) is 0. The SMILES string of the molecule is CC(C)C1CCN(Cc2cc(C#N)ccc2F)CC1. The maximum absolute atomic E-state index is 13.7. The van der Waals surface area contributed by atoms with Gasteiger partial charge >= 0.3 is 0 Å². The normalized spacial score (nSPS) is 17.6. The van der Waals surface area contributed by atoms with Gasteiger partial charge in [-0.3, -0.25) is 4.90 Å². The molecule has 0 amide bonds. The van der Waals surface area contributed by atoms with E-state index in [1.54, 1.807) is 6.07 Å². The molecule has 102 valence electrons. The third-order valence-corrected chi connectivity index (χ3v) is 4.14. The summed E-state index contributed by atoms with van der Waals surface area (Å²) in [6.45, 7) is 7.22. The Morgan fingerprint density at radius 2 is 2.05 bits per heavy atom. The summed E-state index contributed by atoms with van der Waals surface area (Å²) in [6.07, 6.45) is 2.38. The Hall–Kier alpha value is -1.40. The van der Waals surface area contributed by atoms with Crippen LogP contribution in [0.5, 0.6) is 0 Å². The van der Waals surface area contributed by atoms with Gasteiger partial charge in [-0.2, -0.15) is 5.26 Å². The van der Waals surface area contributed by atoms with Crippen molar-refractivity contribution >= 4 is 0 Å². The van der Waals surface area contributed by atoms with Gasteiger partial charge in [0.05, 0.1) is 11.6 Å². The molecule has 2 nitrogen and oxygen atoms in total. The van der Waals surface area contributed by atoms with Crippen molar-refractivity contribution in [2.24, 2.45) is 11.8 Å². The second kappa shape index (κ2) is 6.16. The molecule has 0 radical (unpaired) electrons. The minimum atomic E-state index is -0.204. The molecule has 0 unspecified atom stereocenters. The molecule has 0 N–H and O–H groups in total. The molecule has 1 fully saturated rings. The minimum absolute atomic E-state index is 0.204. The van der Waals surface area contributed by atoms with Crippen LogP contribution in [0, 0.1) is 29.0 Å². The van der Waals surface area contributed by atoms with Crippen molar-refractivity contribution in [1.29, 1.82) is 5.26 Å². The Balaban J connectivity index is 1.98. The molecular formula is C16H21FN2. The molecule has 3 heteroatoms. The lowest BCUT2D eigenvalue weighted by Gasteiger charge is -2.33. The Kier molecular flexibility index (Phi) is 4.55. The van der Waals surface area contributed by atoms with Crippen molar-refractivity contribution < 1.29 is 4.39 Å². The van der Waals surface area contributed by atoms with E-state index in [-0.39, 0.29) is 5.82 Å². The molecule has 0 spiro atoms. The number of likely N-dealkylation sites (tertiary alicyclic amines) is 1. The quantitative estimate of drug-likeness (QED) is 0.830. The van der Waals surface area contributed by atoms with Crippen LogP contribution in [0.3, 0.4) is 0 Å². The van der Waals surface area contributed by atoms with Gasteiger partial charge in [-0.15, -0.1) is 0 Å². The highest BCUT2D eigenvalue weighted by Gasteiger charge is 2.22. The van der Waals surface area contributed by atoms with Crippen LogP contribution in [0.1, 0.15) is 37.8 Å². The van der Waals surface area contributed by atoms with Crippen molar-refractivity contribution in [3.8, 4) is 6.07 Å². The zero-order chi connectivity index (χ0) is 13.8. The fourth-order valence-corrected chi connectivity index (χ4v) is 2.78. The van der Waals surface area contributed by atoms with Gasteiger partial charge in [0.2, 0.25) is 0 Å². The van der Waals surface area contributed by atoms with Gasteiger partial charge in [0.1, 0.15) is 5.82 Å². The molecular weight excluding hydrogens is 239 g/mol. The zero-order valence-corrected chi connectivity index (χ0v) is 11.7. The second-order valence-electron chi connectivity index (χ2n) is 5.78. The van der Waals surface area contributed by atoms with Gasteiger partial charge < -0.3 is 0 Å². The lowest BCUT2D eigenvalue weighted by Crippen LogP contribution is -2.35. The van der Waals surface area contributed by atoms with Gasteiger partial charge in [-0.05, 0) is 56.0 Å². The second-order valence-corrected chi connectivity index (χ2v) is 5.78. The Morgan fingerprint density at radius 3 is 2.63 bits per heavy atom. The van der Waals surface area contributed by atoms with Crippen LogP contribution in [0.15, 0.2) is 18.2 Å². The van der Waals surface area contributed by atoms with Gasteiger partial charge in [-0.25, -0.2) is 4.39 Å². The maximum atomic E-state index is 13.7. The summed E-state index contributed by atoms with van der Waals surface area (Å²) in [6, 6.07) is 6.67. The number of hydrogen-bond acceptors (Lipinski definition) is 2. The van der Waals surface area contributed by atoms with Crippen molar-refractivity contribution in [3.63, 3.8) is 0 Å². The van der Waals surface area contributed by atoms with E-state index in [1.165, 1.54) is 25.0 Å². The molecule has 1 heterocycles. The van der Waals surface area contributed by atoms with E-state index >= 15 is 0 Å². The van der Waals surface area contributed by atoms with Crippen LogP contribution >= 0.6 is 0 Å². The summed E-state index contributed by atoms with van der Waals surface area (Å²) in [5.74, 6) is 1.33. The highest BCUT2D eigenvalue weighted by Crippen LogP contribution is 2.25. The van der Waals surface area contributed by atoms with Crippen LogP contribution < -0.4 is 0 Å². The molecule has 1 aromatic rings. The molecule has 0 atom stereocenters. The van der Waals surface area contributed by atoms with Gasteiger partial charge in [-0.1, -0.05) is 13.8 Å². The van der Waals surface area contributed by atoms with Crippen LogP contribution in [0.4, 0.5) is 4.39 Å². The molecule has 1 saturated heterocycles. The third kappa shape index (κ3) is 3.54. The number of nitrogens with zero attached hydrogens (tertiary/aromatic N) is 2. The fourth-order valence-electron chi connectivity index (χ4n) is 2.78. The first-order valence-corrected chi connectivity index (χ1v) is 7.01. The number of nitriles is 1. The van der Waals surface area contributed by atoms with E-state index < -0.39 is 0 Å². The lowest BCUT2D eigenvalue weighted by molar-refractivity contribution is 0.150. The first-order chi connectivity index (χ1) is 9.10. The molecule has 1 aliphatic heterocycles. The van der Waals surface area contributed by atoms with E-state index in [4.69, 9.17) is 5.26 Å².